The van der Waals surface area contributed by atoms with E-state index in [-0.39, 0.29) is 6.23 Å². The van der Waals surface area contributed by atoms with E-state index in [1.807, 2.05) is 0 Å². The highest BCUT2D eigenvalue weighted by Gasteiger charge is 2.35. The second kappa shape index (κ2) is 2.76. The van der Waals surface area contributed by atoms with Gasteiger partial charge in [-0.1, -0.05) is 6.92 Å². The van der Waals surface area contributed by atoms with Gasteiger partial charge in [-0.25, -0.2) is 0 Å². The minimum Gasteiger partial charge on any atom is -0.378 e. The number of hydrogen-bond acceptors (Lipinski definition) is 2. The summed E-state index contributed by atoms with van der Waals surface area (Å²) in [6.07, 6.45) is 4.67. The molecular formula is C9H17NO. The van der Waals surface area contributed by atoms with E-state index in [9.17, 15) is 5.11 Å². The van der Waals surface area contributed by atoms with Crippen LogP contribution in [-0.2, 0) is 0 Å². The van der Waals surface area contributed by atoms with E-state index in [0.29, 0.717) is 6.04 Å². The monoisotopic (exact) mass is 155 g/mol. The Labute approximate surface area is 68.2 Å². The van der Waals surface area contributed by atoms with Gasteiger partial charge in [-0.2, -0.15) is 0 Å². The Morgan fingerprint density at radius 3 is 2.91 bits per heavy atom. The molecule has 2 fully saturated rings. The molecule has 0 amide bonds. The maximum atomic E-state index is 9.54. The van der Waals surface area contributed by atoms with E-state index in [0.717, 1.165) is 18.9 Å². The molecule has 0 aliphatic carbocycles. The second-order valence-corrected chi connectivity index (χ2v) is 4.08. The normalized spacial score (nSPS) is 45.8. The molecule has 2 heterocycles. The molecule has 0 spiro atoms. The van der Waals surface area contributed by atoms with Gasteiger partial charge in [-0.15, -0.1) is 0 Å². The number of piperidine rings is 1. The highest BCUT2D eigenvalue weighted by molar-refractivity contribution is 4.87. The Kier molecular flexibility index (Phi) is 1.90. The zero-order chi connectivity index (χ0) is 7.84. The van der Waals surface area contributed by atoms with E-state index < -0.39 is 0 Å². The predicted molar refractivity (Wildman–Crippen MR) is 44.1 cm³/mol. The lowest BCUT2D eigenvalue weighted by Gasteiger charge is -2.34. The van der Waals surface area contributed by atoms with Crippen LogP contribution in [0.5, 0.6) is 0 Å². The molecular weight excluding hydrogens is 138 g/mol. The molecule has 11 heavy (non-hydrogen) atoms. The van der Waals surface area contributed by atoms with Gasteiger partial charge >= 0.3 is 0 Å². The number of rotatable bonds is 0. The summed E-state index contributed by atoms with van der Waals surface area (Å²) in [6, 6.07) is 0.703. The van der Waals surface area contributed by atoms with Gasteiger partial charge < -0.3 is 5.11 Å². The van der Waals surface area contributed by atoms with Crippen molar-refractivity contribution >= 4 is 0 Å². The molecule has 0 radical (unpaired) electrons. The van der Waals surface area contributed by atoms with Crippen LogP contribution in [-0.4, -0.2) is 28.8 Å². The average molecular weight is 155 g/mol. The number of hydrogen-bond donors (Lipinski definition) is 1. The zero-order valence-electron chi connectivity index (χ0n) is 7.16. The molecule has 2 nitrogen and oxygen atoms in total. The molecule has 2 heteroatoms. The topological polar surface area (TPSA) is 23.5 Å². The third kappa shape index (κ3) is 1.30. The third-order valence-corrected chi connectivity index (χ3v) is 3.16. The molecule has 3 atom stereocenters. The number of nitrogens with zero attached hydrogens (tertiary/aromatic N) is 1. The predicted octanol–water partition coefficient (Wildman–Crippen LogP) is 1.20. The van der Waals surface area contributed by atoms with Gasteiger partial charge in [-0.3, -0.25) is 4.90 Å². The summed E-state index contributed by atoms with van der Waals surface area (Å²) in [4.78, 5) is 2.28. The largest absolute Gasteiger partial charge is 0.378 e. The van der Waals surface area contributed by atoms with Crippen molar-refractivity contribution in [1.29, 1.82) is 0 Å². The quantitative estimate of drug-likeness (QED) is 0.568. The van der Waals surface area contributed by atoms with Crippen molar-refractivity contribution in [2.24, 2.45) is 5.92 Å². The fraction of sp³-hybridized carbons (Fsp3) is 1.00. The van der Waals surface area contributed by atoms with E-state index in [2.05, 4.69) is 11.8 Å². The maximum absolute atomic E-state index is 9.54. The summed E-state index contributed by atoms with van der Waals surface area (Å²) >= 11 is 0. The first kappa shape index (κ1) is 7.56. The Balaban J connectivity index is 2.00. The third-order valence-electron chi connectivity index (χ3n) is 3.16. The van der Waals surface area contributed by atoms with Crippen molar-refractivity contribution in [2.45, 2.75) is 44.9 Å². The fourth-order valence-electron chi connectivity index (χ4n) is 2.45. The van der Waals surface area contributed by atoms with Crippen LogP contribution in [0.15, 0.2) is 0 Å². The summed E-state index contributed by atoms with van der Waals surface area (Å²) < 4.78 is 0. The van der Waals surface area contributed by atoms with Gasteiger partial charge in [0.15, 0.2) is 0 Å². The van der Waals surface area contributed by atoms with Gasteiger partial charge in [-0.05, 0) is 31.6 Å². The lowest BCUT2D eigenvalue weighted by atomic mass is 9.93. The van der Waals surface area contributed by atoms with Crippen LogP contribution < -0.4 is 0 Å². The number of aliphatic hydroxyl groups excluding tert-OH is 1. The Hall–Kier alpha value is -0.0800. The molecule has 0 aromatic heterocycles. The van der Waals surface area contributed by atoms with Crippen LogP contribution in [0.1, 0.15) is 32.6 Å². The molecule has 64 valence electrons. The maximum Gasteiger partial charge on any atom is 0.107 e. The second-order valence-electron chi connectivity index (χ2n) is 4.08. The summed E-state index contributed by atoms with van der Waals surface area (Å²) in [6.45, 7) is 3.44. The minimum atomic E-state index is -0.118. The molecule has 0 aromatic carbocycles. The smallest absolute Gasteiger partial charge is 0.107 e. The van der Waals surface area contributed by atoms with E-state index in [4.69, 9.17) is 0 Å². The van der Waals surface area contributed by atoms with E-state index >= 15 is 0 Å². The van der Waals surface area contributed by atoms with Crippen molar-refractivity contribution in [3.8, 4) is 0 Å². The lowest BCUT2D eigenvalue weighted by Crippen LogP contribution is -2.41. The van der Waals surface area contributed by atoms with E-state index in [1.54, 1.807) is 0 Å². The van der Waals surface area contributed by atoms with Crippen LogP contribution in [0.25, 0.3) is 0 Å². The van der Waals surface area contributed by atoms with Gasteiger partial charge in [0.25, 0.3) is 0 Å². The van der Waals surface area contributed by atoms with Crippen molar-refractivity contribution in [3.05, 3.63) is 0 Å². The van der Waals surface area contributed by atoms with Gasteiger partial charge in [0.1, 0.15) is 6.23 Å². The van der Waals surface area contributed by atoms with Crippen LogP contribution in [0.3, 0.4) is 0 Å². The van der Waals surface area contributed by atoms with Crippen LogP contribution in [0.2, 0.25) is 0 Å². The molecule has 1 N–H and O–H groups in total. The van der Waals surface area contributed by atoms with Crippen molar-refractivity contribution < 1.29 is 5.11 Å². The van der Waals surface area contributed by atoms with Crippen molar-refractivity contribution in [2.75, 3.05) is 6.54 Å². The standard InChI is InChI=1S/C9H17NO/c1-7-4-5-10-8(6-7)2-3-9(10)11/h7-9,11H,2-6H2,1H3. The zero-order valence-corrected chi connectivity index (χ0v) is 7.16. The minimum absolute atomic E-state index is 0.118. The fourth-order valence-corrected chi connectivity index (χ4v) is 2.45. The molecule has 2 saturated heterocycles. The first-order valence-corrected chi connectivity index (χ1v) is 4.71. The highest BCUT2D eigenvalue weighted by atomic mass is 16.3. The highest BCUT2D eigenvalue weighted by Crippen LogP contribution is 2.32. The summed E-state index contributed by atoms with van der Waals surface area (Å²) in [5.74, 6) is 0.876. The van der Waals surface area contributed by atoms with E-state index in [1.165, 1.54) is 19.3 Å². The summed E-state index contributed by atoms with van der Waals surface area (Å²) in [7, 11) is 0. The molecule has 2 aliphatic rings. The average Bonchev–Trinajstić information content (AvgIpc) is 2.32. The van der Waals surface area contributed by atoms with Crippen molar-refractivity contribution in [3.63, 3.8) is 0 Å². The van der Waals surface area contributed by atoms with Crippen LogP contribution in [0.4, 0.5) is 0 Å². The molecule has 2 rings (SSSR count). The molecule has 3 unspecified atom stereocenters. The number of fused-ring (bicyclic) bond motifs is 1. The first-order valence-electron chi connectivity index (χ1n) is 4.71. The van der Waals surface area contributed by atoms with Gasteiger partial charge in [0, 0.05) is 12.6 Å². The summed E-state index contributed by atoms with van der Waals surface area (Å²) in [5.41, 5.74) is 0. The molecule has 0 bridgehead atoms. The molecule has 0 saturated carbocycles. The SMILES string of the molecule is CC1CCN2C(O)CCC2C1. The Morgan fingerprint density at radius 1 is 1.27 bits per heavy atom. The number of aliphatic hydroxyl groups is 1. The Morgan fingerprint density at radius 2 is 2.09 bits per heavy atom. The molecule has 2 aliphatic heterocycles. The summed E-state index contributed by atoms with van der Waals surface area (Å²) in [5, 5.41) is 9.54. The van der Waals surface area contributed by atoms with Crippen LogP contribution >= 0.6 is 0 Å². The lowest BCUT2D eigenvalue weighted by molar-refractivity contribution is -0.00570. The molecule has 0 aromatic rings. The first-order chi connectivity index (χ1) is 5.27. The Bertz CT molecular complexity index is 148. The van der Waals surface area contributed by atoms with Gasteiger partial charge in [0.2, 0.25) is 0 Å². The van der Waals surface area contributed by atoms with Gasteiger partial charge in [0.05, 0.1) is 0 Å². The van der Waals surface area contributed by atoms with Crippen LogP contribution in [0, 0.1) is 5.92 Å². The van der Waals surface area contributed by atoms with Crippen molar-refractivity contribution in [1.82, 2.24) is 4.90 Å².